The molecule has 1 aromatic heterocycles. The molecule has 1 aliphatic rings. The van der Waals surface area contributed by atoms with Crippen LogP contribution in [-0.4, -0.2) is 35.3 Å². The first-order valence-corrected chi connectivity index (χ1v) is 14.9. The van der Waals surface area contributed by atoms with Gasteiger partial charge in [-0.3, -0.25) is 4.79 Å². The van der Waals surface area contributed by atoms with Gasteiger partial charge in [-0.15, -0.1) is 0 Å². The number of halogens is 4. The van der Waals surface area contributed by atoms with Crippen LogP contribution in [0, 0.1) is 41.1 Å². The van der Waals surface area contributed by atoms with E-state index in [1.807, 2.05) is 6.92 Å². The van der Waals surface area contributed by atoms with Crippen molar-refractivity contribution in [2.75, 3.05) is 5.32 Å². The van der Waals surface area contributed by atoms with Gasteiger partial charge in [-0.05, 0) is 73.8 Å². The van der Waals surface area contributed by atoms with Crippen LogP contribution in [0.4, 0.5) is 18.9 Å². The average Bonchev–Trinajstić information content (AvgIpc) is 3.31. The van der Waals surface area contributed by atoms with Gasteiger partial charge in [-0.1, -0.05) is 37.4 Å². The van der Waals surface area contributed by atoms with Crippen molar-refractivity contribution >= 4 is 33.0 Å². The Morgan fingerprint density at radius 3 is 2.49 bits per heavy atom. The second kappa shape index (κ2) is 12.2. The van der Waals surface area contributed by atoms with Gasteiger partial charge in [-0.2, -0.15) is 0 Å². The lowest BCUT2D eigenvalue weighted by atomic mass is 9.87. The zero-order chi connectivity index (χ0) is 29.9. The summed E-state index contributed by atoms with van der Waals surface area (Å²) in [4.78, 5) is 16.7. The molecule has 11 heteroatoms. The number of hydrogen-bond acceptors (Lipinski definition) is 5. The molecule has 1 heterocycles. The molecule has 6 nitrogen and oxygen atoms in total. The molecule has 2 unspecified atom stereocenters. The molecule has 3 aromatic rings. The lowest BCUT2D eigenvalue weighted by Gasteiger charge is -2.29. The van der Waals surface area contributed by atoms with Gasteiger partial charge >= 0.3 is 0 Å². The molecule has 4 atom stereocenters. The molecule has 0 radical (unpaired) electrons. The number of hydrogen-bond donors (Lipinski definition) is 2. The summed E-state index contributed by atoms with van der Waals surface area (Å²) in [6, 6.07) is 10.1. The maximum Gasteiger partial charge on any atom is 0.255 e. The van der Waals surface area contributed by atoms with E-state index in [2.05, 4.69) is 22.1 Å². The zero-order valence-corrected chi connectivity index (χ0v) is 23.9. The lowest BCUT2D eigenvalue weighted by Crippen LogP contribution is -2.37. The zero-order valence-electron chi connectivity index (χ0n) is 22.3. The van der Waals surface area contributed by atoms with E-state index >= 15 is 0 Å². The third-order valence-corrected chi connectivity index (χ3v) is 10.3. The van der Waals surface area contributed by atoms with Crippen LogP contribution in [0.2, 0.25) is 5.02 Å². The highest BCUT2D eigenvalue weighted by Gasteiger charge is 2.46. The van der Waals surface area contributed by atoms with E-state index in [1.165, 1.54) is 12.1 Å². The summed E-state index contributed by atoms with van der Waals surface area (Å²) < 4.78 is 68.5. The molecule has 1 fully saturated rings. The van der Waals surface area contributed by atoms with Crippen molar-refractivity contribution < 1.29 is 31.5 Å². The van der Waals surface area contributed by atoms with E-state index in [4.69, 9.17) is 11.6 Å². The van der Waals surface area contributed by atoms with E-state index in [0.29, 0.717) is 30.7 Å². The summed E-state index contributed by atoms with van der Waals surface area (Å²) in [5.41, 5.74) is -1.45. The van der Waals surface area contributed by atoms with E-state index in [-0.39, 0.29) is 39.9 Å². The van der Waals surface area contributed by atoms with Gasteiger partial charge < -0.3 is 10.4 Å². The first-order valence-electron chi connectivity index (χ1n) is 13.0. The molecule has 4 rings (SSSR count). The van der Waals surface area contributed by atoms with E-state index in [9.17, 15) is 31.5 Å². The maximum atomic E-state index is 14.0. The summed E-state index contributed by atoms with van der Waals surface area (Å²) in [6.07, 6.45) is 3.10. The van der Waals surface area contributed by atoms with Crippen molar-refractivity contribution in [1.82, 2.24) is 4.98 Å². The highest BCUT2D eigenvalue weighted by molar-refractivity contribution is 7.92. The number of aromatic nitrogens is 1. The number of rotatable bonds is 7. The molecule has 0 bridgehead atoms. The first-order chi connectivity index (χ1) is 19.3. The molecule has 0 aliphatic heterocycles. The number of carbonyl (C=O) groups is 1. The smallest absolute Gasteiger partial charge is 0.255 e. The predicted molar refractivity (Wildman–Crippen MR) is 150 cm³/mol. The number of aliphatic hydroxyl groups is 1. The average molecular weight is 605 g/mol. The summed E-state index contributed by atoms with van der Waals surface area (Å²) in [7, 11) is -4.12. The van der Waals surface area contributed by atoms with Gasteiger partial charge in [0.25, 0.3) is 5.91 Å². The summed E-state index contributed by atoms with van der Waals surface area (Å²) in [6.45, 7) is 3.58. The standard InChI is InChI=1S/C30H28ClF3N2O4S/c1-3-30(38,12-11-21-6-4-5-13-35-21)17-20-8-7-18(2)28(20)41(39,40)26-14-19(9-10-23(26)31)29(37)36-22-15-24(32)27(34)25(33)16-22/h4-6,9-10,13-16,18,20,28,38H,3,7-8,17H2,1-2H3,(H,36,37)/t18?,20-,28?,30-/m0/s1. The van der Waals surface area contributed by atoms with E-state index < -0.39 is 50.0 Å². The largest absolute Gasteiger partial charge is 0.378 e. The Morgan fingerprint density at radius 1 is 1.15 bits per heavy atom. The molecule has 2 aromatic carbocycles. The van der Waals surface area contributed by atoms with Crippen molar-refractivity contribution in [3.63, 3.8) is 0 Å². The number of anilines is 1. The Kier molecular flexibility index (Phi) is 9.12. The minimum atomic E-state index is -4.12. The Morgan fingerprint density at radius 2 is 1.85 bits per heavy atom. The normalized spacial score (nSPS) is 20.1. The van der Waals surface area contributed by atoms with Crippen LogP contribution in [0.15, 0.2) is 59.6 Å². The number of pyridine rings is 1. The molecule has 0 saturated heterocycles. The number of nitrogens with zero attached hydrogens (tertiary/aromatic N) is 1. The van der Waals surface area contributed by atoms with Crippen LogP contribution in [0.5, 0.6) is 0 Å². The molecule has 2 N–H and O–H groups in total. The summed E-state index contributed by atoms with van der Waals surface area (Å²) in [5.74, 6) is -0.495. The van der Waals surface area contributed by atoms with Crippen LogP contribution in [-0.2, 0) is 9.84 Å². The van der Waals surface area contributed by atoms with Crippen LogP contribution < -0.4 is 5.32 Å². The lowest BCUT2D eigenvalue weighted by molar-refractivity contribution is 0.0695. The Labute approximate surface area is 241 Å². The number of carbonyl (C=O) groups excluding carboxylic acids is 1. The molecule has 1 amide bonds. The monoisotopic (exact) mass is 604 g/mol. The van der Waals surface area contributed by atoms with E-state index in [1.54, 1.807) is 31.3 Å². The minimum Gasteiger partial charge on any atom is -0.378 e. The highest BCUT2D eigenvalue weighted by atomic mass is 35.5. The van der Waals surface area contributed by atoms with Gasteiger partial charge in [0.1, 0.15) is 11.3 Å². The second-order valence-electron chi connectivity index (χ2n) is 10.2. The molecular weight excluding hydrogens is 577 g/mol. The fourth-order valence-electron chi connectivity index (χ4n) is 5.22. The molecule has 41 heavy (non-hydrogen) atoms. The fourth-order valence-corrected chi connectivity index (χ4v) is 8.07. The Bertz CT molecular complexity index is 1600. The number of amides is 1. The van der Waals surface area contributed by atoms with Gasteiger partial charge in [0.05, 0.1) is 15.2 Å². The van der Waals surface area contributed by atoms with Crippen molar-refractivity contribution in [2.24, 2.45) is 11.8 Å². The van der Waals surface area contributed by atoms with Gasteiger partial charge in [0.2, 0.25) is 0 Å². The molecule has 1 aliphatic carbocycles. The SMILES string of the molecule is CC[C@](O)(C#Cc1ccccn1)C[C@@H]1CCC(C)C1S(=O)(=O)c1cc(C(=O)Nc2cc(F)c(F)c(F)c2)ccc1Cl. The predicted octanol–water partition coefficient (Wildman–Crippen LogP) is 6.18. The molecule has 216 valence electrons. The first kappa shape index (κ1) is 30.6. The van der Waals surface area contributed by atoms with Crippen LogP contribution >= 0.6 is 11.6 Å². The van der Waals surface area contributed by atoms with Crippen LogP contribution in [0.1, 0.15) is 55.6 Å². The number of sulfone groups is 1. The van der Waals surface area contributed by atoms with Gasteiger partial charge in [-0.25, -0.2) is 26.6 Å². The topological polar surface area (TPSA) is 96.4 Å². The minimum absolute atomic E-state index is 0.0982. The fraction of sp³-hybridized carbons (Fsp3) is 0.333. The van der Waals surface area contributed by atoms with Crippen molar-refractivity contribution in [3.05, 3.63) is 88.5 Å². The third kappa shape index (κ3) is 6.75. The summed E-state index contributed by atoms with van der Waals surface area (Å²) >= 11 is 6.33. The van der Waals surface area contributed by atoms with Gasteiger partial charge in [0.15, 0.2) is 27.3 Å². The molecule has 0 spiro atoms. The molecular formula is C30H28ClF3N2O4S. The Balaban J connectivity index is 1.62. The quantitative estimate of drug-likeness (QED) is 0.248. The van der Waals surface area contributed by atoms with Crippen molar-refractivity contribution in [1.29, 1.82) is 0 Å². The van der Waals surface area contributed by atoms with Crippen molar-refractivity contribution in [3.8, 4) is 11.8 Å². The number of benzene rings is 2. The van der Waals surface area contributed by atoms with Crippen molar-refractivity contribution in [2.45, 2.75) is 55.3 Å². The maximum absolute atomic E-state index is 14.0. The van der Waals surface area contributed by atoms with E-state index in [0.717, 1.165) is 6.07 Å². The summed E-state index contributed by atoms with van der Waals surface area (Å²) in [5, 5.41) is 12.5. The number of nitrogens with one attached hydrogen (secondary N) is 1. The highest BCUT2D eigenvalue weighted by Crippen LogP contribution is 2.44. The second-order valence-corrected chi connectivity index (χ2v) is 12.7. The van der Waals surface area contributed by atoms with Crippen LogP contribution in [0.3, 0.4) is 0 Å². The molecule has 1 saturated carbocycles. The van der Waals surface area contributed by atoms with Gasteiger partial charge in [0, 0.05) is 29.6 Å². The third-order valence-electron chi connectivity index (χ3n) is 7.39. The Hall–Kier alpha value is -3.39. The van der Waals surface area contributed by atoms with Crippen LogP contribution in [0.25, 0.3) is 0 Å².